The molecular formula is C12H21N3. The van der Waals surface area contributed by atoms with Gasteiger partial charge in [-0.25, -0.2) is 4.99 Å². The summed E-state index contributed by atoms with van der Waals surface area (Å²) < 4.78 is 0. The summed E-state index contributed by atoms with van der Waals surface area (Å²) in [6, 6.07) is 0. The van der Waals surface area contributed by atoms with Gasteiger partial charge in [-0.15, -0.1) is 0 Å². The minimum atomic E-state index is 0.569. The highest BCUT2D eigenvalue weighted by molar-refractivity contribution is 5.77. The summed E-state index contributed by atoms with van der Waals surface area (Å²) in [5, 5.41) is 3.20. The zero-order valence-corrected chi connectivity index (χ0v) is 9.50. The summed E-state index contributed by atoms with van der Waals surface area (Å²) in [5.74, 6) is 3.47. The van der Waals surface area contributed by atoms with Crippen LogP contribution >= 0.6 is 0 Å². The second-order valence-corrected chi connectivity index (χ2v) is 5.04. The van der Waals surface area contributed by atoms with Crippen LogP contribution in [0, 0.1) is 17.8 Å². The van der Waals surface area contributed by atoms with Crippen molar-refractivity contribution < 1.29 is 0 Å². The molecule has 15 heavy (non-hydrogen) atoms. The molecule has 0 saturated heterocycles. The van der Waals surface area contributed by atoms with E-state index in [1.165, 1.54) is 19.3 Å². The lowest BCUT2D eigenvalue weighted by atomic mass is 10.2. The van der Waals surface area contributed by atoms with Gasteiger partial charge in [0.15, 0.2) is 5.96 Å². The van der Waals surface area contributed by atoms with E-state index in [-0.39, 0.29) is 0 Å². The van der Waals surface area contributed by atoms with E-state index in [0.717, 1.165) is 29.9 Å². The van der Waals surface area contributed by atoms with E-state index >= 15 is 0 Å². The van der Waals surface area contributed by atoms with Gasteiger partial charge < -0.3 is 11.1 Å². The fraction of sp³-hybridized carbons (Fsp3) is 0.750. The fourth-order valence-corrected chi connectivity index (χ4v) is 2.12. The van der Waals surface area contributed by atoms with Gasteiger partial charge in [0.25, 0.3) is 0 Å². The third-order valence-electron chi connectivity index (χ3n) is 3.27. The van der Waals surface area contributed by atoms with Crippen LogP contribution in [-0.4, -0.2) is 19.0 Å². The van der Waals surface area contributed by atoms with Gasteiger partial charge in [0.1, 0.15) is 0 Å². The Morgan fingerprint density at radius 1 is 1.53 bits per heavy atom. The maximum absolute atomic E-state index is 5.73. The lowest BCUT2D eigenvalue weighted by Crippen LogP contribution is -2.33. The van der Waals surface area contributed by atoms with E-state index < -0.39 is 0 Å². The molecule has 2 aliphatic carbocycles. The van der Waals surface area contributed by atoms with Gasteiger partial charge >= 0.3 is 0 Å². The van der Waals surface area contributed by atoms with Gasteiger partial charge in [0.2, 0.25) is 0 Å². The first-order valence-corrected chi connectivity index (χ1v) is 5.85. The van der Waals surface area contributed by atoms with Gasteiger partial charge in [-0.2, -0.15) is 0 Å². The Bertz CT molecular complexity index is 279. The van der Waals surface area contributed by atoms with Gasteiger partial charge in [-0.3, -0.25) is 0 Å². The molecule has 3 heteroatoms. The van der Waals surface area contributed by atoms with E-state index in [2.05, 4.69) is 16.9 Å². The highest BCUT2D eigenvalue weighted by Crippen LogP contribution is 2.53. The third-order valence-corrected chi connectivity index (χ3v) is 3.27. The standard InChI is InChI=1S/C12H21N3/c1-8(2)6-14-12(13)15-7-10-5-11(10)9-3-4-9/h9-11H,1,3-7H2,2H3,(H3,13,14,15)/t10-,11-/m0/s1. The van der Waals surface area contributed by atoms with Crippen molar-refractivity contribution in [2.45, 2.75) is 26.2 Å². The Kier molecular flexibility index (Phi) is 2.98. The number of nitrogens with zero attached hydrogens (tertiary/aromatic N) is 1. The molecule has 0 aliphatic heterocycles. The predicted octanol–water partition coefficient (Wildman–Crippen LogP) is 1.51. The fourth-order valence-electron chi connectivity index (χ4n) is 2.12. The third kappa shape index (κ3) is 3.26. The molecule has 0 bridgehead atoms. The molecule has 0 aromatic rings. The zero-order chi connectivity index (χ0) is 10.8. The van der Waals surface area contributed by atoms with Gasteiger partial charge in [-0.1, -0.05) is 12.2 Å². The van der Waals surface area contributed by atoms with Crippen molar-refractivity contribution in [3.05, 3.63) is 12.2 Å². The second-order valence-electron chi connectivity index (χ2n) is 5.04. The van der Waals surface area contributed by atoms with Crippen molar-refractivity contribution >= 4 is 5.96 Å². The molecule has 2 fully saturated rings. The highest BCUT2D eigenvalue weighted by atomic mass is 15.1. The predicted molar refractivity (Wildman–Crippen MR) is 63.6 cm³/mol. The lowest BCUT2D eigenvalue weighted by Gasteiger charge is -2.04. The van der Waals surface area contributed by atoms with Crippen LogP contribution in [0.5, 0.6) is 0 Å². The van der Waals surface area contributed by atoms with Crippen LogP contribution < -0.4 is 11.1 Å². The van der Waals surface area contributed by atoms with E-state index in [1.54, 1.807) is 0 Å². The monoisotopic (exact) mass is 207 g/mol. The molecule has 0 amide bonds. The second kappa shape index (κ2) is 4.25. The van der Waals surface area contributed by atoms with E-state index in [4.69, 9.17) is 5.73 Å². The summed E-state index contributed by atoms with van der Waals surface area (Å²) in [7, 11) is 0. The molecule has 2 atom stereocenters. The van der Waals surface area contributed by atoms with Crippen molar-refractivity contribution in [1.29, 1.82) is 0 Å². The molecule has 3 N–H and O–H groups in total. The Balaban J connectivity index is 1.61. The molecular weight excluding hydrogens is 186 g/mol. The summed E-state index contributed by atoms with van der Waals surface area (Å²) in [6.07, 6.45) is 4.31. The number of hydrogen-bond donors (Lipinski definition) is 2. The van der Waals surface area contributed by atoms with E-state index in [9.17, 15) is 0 Å². The maximum Gasteiger partial charge on any atom is 0.188 e. The molecule has 84 valence electrons. The van der Waals surface area contributed by atoms with Crippen LogP contribution in [0.15, 0.2) is 17.1 Å². The molecule has 2 saturated carbocycles. The van der Waals surface area contributed by atoms with Crippen molar-refractivity contribution in [3.8, 4) is 0 Å². The maximum atomic E-state index is 5.73. The number of nitrogens with one attached hydrogen (secondary N) is 1. The van der Waals surface area contributed by atoms with Gasteiger partial charge in [0.05, 0.1) is 6.54 Å². The van der Waals surface area contributed by atoms with Crippen LogP contribution in [0.2, 0.25) is 0 Å². The van der Waals surface area contributed by atoms with Crippen LogP contribution in [0.4, 0.5) is 0 Å². The molecule has 0 radical (unpaired) electrons. The minimum Gasteiger partial charge on any atom is -0.370 e. The van der Waals surface area contributed by atoms with Crippen LogP contribution in [0.25, 0.3) is 0 Å². The Morgan fingerprint density at radius 2 is 2.27 bits per heavy atom. The summed E-state index contributed by atoms with van der Waals surface area (Å²) in [5.41, 5.74) is 6.78. The van der Waals surface area contributed by atoms with E-state index in [1.807, 2.05) is 6.92 Å². The average molecular weight is 207 g/mol. The van der Waals surface area contributed by atoms with Crippen LogP contribution in [-0.2, 0) is 0 Å². The van der Waals surface area contributed by atoms with Gasteiger partial charge in [0, 0.05) is 6.54 Å². The number of hydrogen-bond acceptors (Lipinski definition) is 1. The van der Waals surface area contributed by atoms with Crippen LogP contribution in [0.1, 0.15) is 26.2 Å². The molecule has 0 unspecified atom stereocenters. The zero-order valence-electron chi connectivity index (χ0n) is 9.50. The first-order chi connectivity index (χ1) is 7.16. The molecule has 2 aliphatic rings. The van der Waals surface area contributed by atoms with Crippen LogP contribution in [0.3, 0.4) is 0 Å². The Morgan fingerprint density at radius 3 is 2.87 bits per heavy atom. The first kappa shape index (κ1) is 10.5. The first-order valence-electron chi connectivity index (χ1n) is 5.85. The smallest absolute Gasteiger partial charge is 0.188 e. The summed E-state index contributed by atoms with van der Waals surface area (Å²) in [6.45, 7) is 7.39. The largest absolute Gasteiger partial charge is 0.370 e. The number of aliphatic imine (C=N–C) groups is 1. The molecule has 3 nitrogen and oxygen atoms in total. The molecule has 2 rings (SSSR count). The SMILES string of the molecule is C=C(C)CN=C(N)NC[C@@H]1C[C@H]1C1CC1. The molecule has 0 aromatic heterocycles. The van der Waals surface area contributed by atoms with Crippen molar-refractivity contribution in [2.75, 3.05) is 13.1 Å². The normalized spacial score (nSPS) is 30.1. The summed E-state index contributed by atoms with van der Waals surface area (Å²) >= 11 is 0. The highest BCUT2D eigenvalue weighted by Gasteiger charge is 2.46. The number of nitrogens with two attached hydrogens (primary N) is 1. The van der Waals surface area contributed by atoms with Crippen molar-refractivity contribution in [1.82, 2.24) is 5.32 Å². The average Bonchev–Trinajstić information content (AvgIpc) is 2.99. The quantitative estimate of drug-likeness (QED) is 0.408. The molecule has 0 aromatic carbocycles. The van der Waals surface area contributed by atoms with Crippen molar-refractivity contribution in [3.63, 3.8) is 0 Å². The van der Waals surface area contributed by atoms with E-state index in [0.29, 0.717) is 12.5 Å². The minimum absolute atomic E-state index is 0.569. The summed E-state index contributed by atoms with van der Waals surface area (Å²) in [4.78, 5) is 4.19. The molecule has 0 spiro atoms. The Hall–Kier alpha value is -0.990. The topological polar surface area (TPSA) is 50.4 Å². The lowest BCUT2D eigenvalue weighted by molar-refractivity contribution is 0.614. The number of rotatable bonds is 5. The molecule has 0 heterocycles. The van der Waals surface area contributed by atoms with Crippen molar-refractivity contribution in [2.24, 2.45) is 28.5 Å². The Labute approximate surface area is 91.8 Å². The number of guanidine groups is 1. The van der Waals surface area contributed by atoms with Gasteiger partial charge in [-0.05, 0) is 43.9 Å².